The van der Waals surface area contributed by atoms with Gasteiger partial charge in [0.1, 0.15) is 4.90 Å². The van der Waals surface area contributed by atoms with Crippen molar-refractivity contribution in [3.63, 3.8) is 0 Å². The third kappa shape index (κ3) is 3.35. The van der Waals surface area contributed by atoms with Crippen LogP contribution in [0.1, 0.15) is 6.42 Å². The average Bonchev–Trinajstić information content (AvgIpc) is 2.80. The summed E-state index contributed by atoms with van der Waals surface area (Å²) in [5.41, 5.74) is 0. The van der Waals surface area contributed by atoms with E-state index in [1.165, 1.54) is 16.4 Å². The first-order chi connectivity index (χ1) is 8.44. The molecule has 0 amide bonds. The van der Waals surface area contributed by atoms with E-state index in [-0.39, 0.29) is 33.4 Å². The van der Waals surface area contributed by atoms with E-state index in [4.69, 9.17) is 23.2 Å². The highest BCUT2D eigenvalue weighted by atomic mass is 35.5. The summed E-state index contributed by atoms with van der Waals surface area (Å²) >= 11 is 11.9. The molecule has 1 N–H and O–H groups in total. The van der Waals surface area contributed by atoms with Gasteiger partial charge in [-0.05, 0) is 25.1 Å². The van der Waals surface area contributed by atoms with Crippen molar-refractivity contribution >= 4 is 45.6 Å². The summed E-state index contributed by atoms with van der Waals surface area (Å²) < 4.78 is 26.3. The van der Waals surface area contributed by atoms with E-state index >= 15 is 0 Å². The summed E-state index contributed by atoms with van der Waals surface area (Å²) in [5, 5.41) is 3.44. The van der Waals surface area contributed by atoms with Gasteiger partial charge < -0.3 is 5.32 Å². The van der Waals surface area contributed by atoms with Crippen molar-refractivity contribution in [2.24, 2.45) is 0 Å². The number of sulfonamides is 1. The molecular formula is C11H15Cl3N2O2S. The third-order valence-electron chi connectivity index (χ3n) is 3.10. The molecule has 1 aromatic carbocycles. The molecule has 1 heterocycles. The minimum Gasteiger partial charge on any atom is -0.315 e. The molecule has 1 unspecified atom stereocenters. The van der Waals surface area contributed by atoms with Gasteiger partial charge in [0.2, 0.25) is 10.0 Å². The summed E-state index contributed by atoms with van der Waals surface area (Å²) in [6.07, 6.45) is 0.789. The van der Waals surface area contributed by atoms with Crippen LogP contribution in [-0.2, 0) is 10.0 Å². The van der Waals surface area contributed by atoms with Crippen molar-refractivity contribution in [2.45, 2.75) is 17.4 Å². The molecule has 0 bridgehead atoms. The van der Waals surface area contributed by atoms with Gasteiger partial charge in [0.15, 0.2) is 0 Å². The van der Waals surface area contributed by atoms with E-state index in [0.717, 1.165) is 13.0 Å². The average molecular weight is 346 g/mol. The van der Waals surface area contributed by atoms with Gasteiger partial charge in [-0.25, -0.2) is 8.42 Å². The van der Waals surface area contributed by atoms with Gasteiger partial charge in [0, 0.05) is 19.6 Å². The van der Waals surface area contributed by atoms with Crippen molar-refractivity contribution in [2.75, 3.05) is 20.1 Å². The van der Waals surface area contributed by atoms with Crippen LogP contribution in [0, 0.1) is 0 Å². The minimum atomic E-state index is -3.65. The molecule has 8 heteroatoms. The molecule has 4 nitrogen and oxygen atoms in total. The van der Waals surface area contributed by atoms with Crippen LogP contribution in [0.25, 0.3) is 0 Å². The summed E-state index contributed by atoms with van der Waals surface area (Å²) in [7, 11) is -2.09. The molecule has 1 fully saturated rings. The Kier molecular flexibility index (Phi) is 5.92. The van der Waals surface area contributed by atoms with Gasteiger partial charge in [-0.3, -0.25) is 0 Å². The number of nitrogens with zero attached hydrogens (tertiary/aromatic N) is 1. The summed E-state index contributed by atoms with van der Waals surface area (Å²) in [6, 6.07) is 4.63. The molecular weight excluding hydrogens is 331 g/mol. The molecule has 1 aliphatic rings. The SMILES string of the molecule is CN(C1CCNC1)S(=O)(=O)c1c(Cl)cccc1Cl.Cl. The molecule has 1 aromatic rings. The Balaban J connectivity index is 0.00000180. The second-order valence-electron chi connectivity index (χ2n) is 4.22. The second-order valence-corrected chi connectivity index (χ2v) is 6.97. The van der Waals surface area contributed by atoms with Crippen LogP contribution in [-0.4, -0.2) is 38.9 Å². The van der Waals surface area contributed by atoms with Crippen molar-refractivity contribution in [3.8, 4) is 0 Å². The maximum Gasteiger partial charge on any atom is 0.246 e. The van der Waals surface area contributed by atoms with Crippen LogP contribution in [0.5, 0.6) is 0 Å². The number of halogens is 3. The van der Waals surface area contributed by atoms with Crippen molar-refractivity contribution in [1.29, 1.82) is 0 Å². The highest BCUT2D eigenvalue weighted by Crippen LogP contribution is 2.32. The molecule has 0 saturated carbocycles. The van der Waals surface area contributed by atoms with Gasteiger partial charge in [0.05, 0.1) is 10.0 Å². The highest BCUT2D eigenvalue weighted by Gasteiger charge is 2.32. The summed E-state index contributed by atoms with van der Waals surface area (Å²) in [5.74, 6) is 0. The fourth-order valence-corrected chi connectivity index (χ4v) is 4.49. The molecule has 1 atom stereocenters. The molecule has 0 aliphatic carbocycles. The van der Waals surface area contributed by atoms with Crippen LogP contribution in [0.4, 0.5) is 0 Å². The minimum absolute atomic E-state index is 0. The number of likely N-dealkylation sites (N-methyl/N-ethyl adjacent to an activating group) is 1. The number of benzene rings is 1. The molecule has 108 valence electrons. The molecule has 0 aromatic heterocycles. The molecule has 0 radical (unpaired) electrons. The number of rotatable bonds is 3. The van der Waals surface area contributed by atoms with Crippen LogP contribution in [0.15, 0.2) is 23.1 Å². The summed E-state index contributed by atoms with van der Waals surface area (Å²) in [6.45, 7) is 1.47. The predicted octanol–water partition coefficient (Wildman–Crippen LogP) is 2.40. The highest BCUT2D eigenvalue weighted by molar-refractivity contribution is 7.89. The Labute approximate surface area is 129 Å². The van der Waals surface area contributed by atoms with Gasteiger partial charge in [-0.2, -0.15) is 4.31 Å². The first-order valence-electron chi connectivity index (χ1n) is 5.57. The topological polar surface area (TPSA) is 49.4 Å². The van der Waals surface area contributed by atoms with Crippen molar-refractivity contribution < 1.29 is 8.42 Å². The Bertz CT molecular complexity index is 525. The van der Waals surface area contributed by atoms with E-state index < -0.39 is 10.0 Å². The first-order valence-corrected chi connectivity index (χ1v) is 7.77. The van der Waals surface area contributed by atoms with Crippen LogP contribution < -0.4 is 5.32 Å². The zero-order valence-corrected chi connectivity index (χ0v) is 13.4. The quantitative estimate of drug-likeness (QED) is 0.915. The van der Waals surface area contributed by atoms with E-state index in [0.29, 0.717) is 6.54 Å². The Hall–Kier alpha value is -0.0400. The van der Waals surface area contributed by atoms with Gasteiger partial charge in [-0.1, -0.05) is 29.3 Å². The smallest absolute Gasteiger partial charge is 0.246 e. The predicted molar refractivity (Wildman–Crippen MR) is 79.9 cm³/mol. The largest absolute Gasteiger partial charge is 0.315 e. The third-order valence-corrected chi connectivity index (χ3v) is 5.97. The molecule has 19 heavy (non-hydrogen) atoms. The van der Waals surface area contributed by atoms with E-state index in [9.17, 15) is 8.42 Å². The number of hydrogen-bond donors (Lipinski definition) is 1. The van der Waals surface area contributed by atoms with E-state index in [2.05, 4.69) is 5.32 Å². The van der Waals surface area contributed by atoms with Gasteiger partial charge >= 0.3 is 0 Å². The zero-order valence-electron chi connectivity index (χ0n) is 10.3. The van der Waals surface area contributed by atoms with E-state index in [1.807, 2.05) is 0 Å². The van der Waals surface area contributed by atoms with Crippen LogP contribution in [0.2, 0.25) is 10.0 Å². The van der Waals surface area contributed by atoms with E-state index in [1.54, 1.807) is 13.1 Å². The molecule has 2 rings (SSSR count). The first kappa shape index (κ1) is 17.0. The lowest BCUT2D eigenvalue weighted by molar-refractivity contribution is 0.388. The Morgan fingerprint density at radius 2 is 1.89 bits per heavy atom. The Morgan fingerprint density at radius 3 is 2.37 bits per heavy atom. The van der Waals surface area contributed by atoms with Crippen LogP contribution in [0.3, 0.4) is 0 Å². The normalized spacial score (nSPS) is 19.5. The molecule has 0 spiro atoms. The summed E-state index contributed by atoms with van der Waals surface area (Å²) in [4.78, 5) is -0.0114. The standard InChI is InChI=1S/C11H14Cl2N2O2S.ClH/c1-15(8-5-6-14-7-8)18(16,17)11-9(12)3-2-4-10(11)13;/h2-4,8,14H,5-7H2,1H3;1H. The lowest BCUT2D eigenvalue weighted by Crippen LogP contribution is -2.38. The number of hydrogen-bond acceptors (Lipinski definition) is 3. The van der Waals surface area contributed by atoms with Gasteiger partial charge in [0.25, 0.3) is 0 Å². The van der Waals surface area contributed by atoms with Gasteiger partial charge in [-0.15, -0.1) is 12.4 Å². The van der Waals surface area contributed by atoms with Crippen molar-refractivity contribution in [3.05, 3.63) is 28.2 Å². The second kappa shape index (κ2) is 6.61. The fourth-order valence-electron chi connectivity index (χ4n) is 2.02. The monoisotopic (exact) mass is 344 g/mol. The lowest BCUT2D eigenvalue weighted by atomic mass is 10.3. The zero-order chi connectivity index (χ0) is 13.3. The molecule has 1 saturated heterocycles. The van der Waals surface area contributed by atoms with Crippen molar-refractivity contribution in [1.82, 2.24) is 9.62 Å². The molecule has 1 aliphatic heterocycles. The fraction of sp³-hybridized carbons (Fsp3) is 0.455. The number of nitrogens with one attached hydrogen (secondary N) is 1. The van der Waals surface area contributed by atoms with Crippen LogP contribution >= 0.6 is 35.6 Å². The Morgan fingerprint density at radius 1 is 1.32 bits per heavy atom. The lowest BCUT2D eigenvalue weighted by Gasteiger charge is -2.24. The maximum absolute atomic E-state index is 12.5. The maximum atomic E-state index is 12.5.